The van der Waals surface area contributed by atoms with Crippen LogP contribution in [0, 0.1) is 17.6 Å². The zero-order valence-corrected chi connectivity index (χ0v) is 22.3. The molecule has 1 fully saturated rings. The fourth-order valence-electron chi connectivity index (χ4n) is 5.18. The quantitative estimate of drug-likeness (QED) is 0.376. The predicted octanol–water partition coefficient (Wildman–Crippen LogP) is 5.76. The van der Waals surface area contributed by atoms with Crippen LogP contribution in [0.5, 0.6) is 0 Å². The number of hydrogen-bond acceptors (Lipinski definition) is 6. The predicted molar refractivity (Wildman–Crippen MR) is 140 cm³/mol. The highest BCUT2D eigenvalue weighted by atomic mass is 32.1. The van der Waals surface area contributed by atoms with Crippen LogP contribution in [0.25, 0.3) is 10.6 Å². The normalized spacial score (nSPS) is 21.7. The number of carbonyl (C=O) groups excluding carboxylic acids is 1. The van der Waals surface area contributed by atoms with Gasteiger partial charge in [0.15, 0.2) is 0 Å². The molecule has 1 aromatic carbocycles. The van der Waals surface area contributed by atoms with Crippen molar-refractivity contribution in [1.29, 1.82) is 0 Å². The minimum absolute atomic E-state index is 0.00227. The molecule has 38 heavy (non-hydrogen) atoms. The second-order valence-electron chi connectivity index (χ2n) is 10.6. The van der Waals surface area contributed by atoms with Crippen molar-refractivity contribution in [3.63, 3.8) is 0 Å². The number of carboxylic acid groups (broad SMARTS) is 1. The minimum Gasteiger partial charge on any atom is -0.465 e. The van der Waals surface area contributed by atoms with Gasteiger partial charge in [-0.1, -0.05) is 13.0 Å². The molecule has 11 heteroatoms. The van der Waals surface area contributed by atoms with Crippen LogP contribution in [0.15, 0.2) is 42.0 Å². The van der Waals surface area contributed by atoms with Crippen molar-refractivity contribution in [3.8, 4) is 10.6 Å². The van der Waals surface area contributed by atoms with E-state index in [-0.39, 0.29) is 28.1 Å². The van der Waals surface area contributed by atoms with Crippen LogP contribution in [0.1, 0.15) is 62.5 Å². The van der Waals surface area contributed by atoms with E-state index in [2.05, 4.69) is 15.3 Å². The third kappa shape index (κ3) is 5.53. The van der Waals surface area contributed by atoms with Gasteiger partial charge in [0, 0.05) is 17.1 Å². The summed E-state index contributed by atoms with van der Waals surface area (Å²) in [4.78, 5) is 34.8. The lowest BCUT2D eigenvalue weighted by atomic mass is 9.73. The first-order valence-electron chi connectivity index (χ1n) is 12.2. The van der Waals surface area contributed by atoms with Crippen LogP contribution < -0.4 is 5.32 Å². The number of nitrogens with one attached hydrogen (secondary N) is 1. The second kappa shape index (κ2) is 10.7. The molecule has 0 aliphatic heterocycles. The number of halogens is 2. The number of aromatic nitrogens is 2. The topological polar surface area (TPSA) is 116 Å². The number of carbonyl (C=O) groups is 2. The molecule has 0 radical (unpaired) electrons. The number of pyridine rings is 1. The van der Waals surface area contributed by atoms with Gasteiger partial charge >= 0.3 is 6.09 Å². The molecular weight excluding hydrogens is 514 g/mol. The Morgan fingerprint density at radius 1 is 1.16 bits per heavy atom. The Labute approximate surface area is 223 Å². The number of aliphatic hydroxyl groups is 1. The summed E-state index contributed by atoms with van der Waals surface area (Å²) in [5.41, 5.74) is 0.161. The van der Waals surface area contributed by atoms with Crippen molar-refractivity contribution in [2.24, 2.45) is 5.92 Å². The third-order valence-electron chi connectivity index (χ3n) is 6.88. The van der Waals surface area contributed by atoms with E-state index in [4.69, 9.17) is 0 Å². The van der Waals surface area contributed by atoms with Gasteiger partial charge in [0.2, 0.25) is 0 Å². The molecule has 2 amide bonds. The SMILES string of the molecule is CC1CC(c2ccncc2NC(=O)c2csc(-c3c(F)cccc3F)n2)CC(N(C(=O)O)C(C)(C)C)C1O. The van der Waals surface area contributed by atoms with Gasteiger partial charge in [0.05, 0.1) is 29.6 Å². The molecule has 0 bridgehead atoms. The Morgan fingerprint density at radius 2 is 1.84 bits per heavy atom. The molecule has 8 nitrogen and oxygen atoms in total. The Hall–Kier alpha value is -3.44. The largest absolute Gasteiger partial charge is 0.465 e. The monoisotopic (exact) mass is 544 g/mol. The maximum Gasteiger partial charge on any atom is 0.408 e. The van der Waals surface area contributed by atoms with Crippen LogP contribution >= 0.6 is 11.3 Å². The molecule has 4 unspecified atom stereocenters. The molecule has 1 aliphatic rings. The number of aliphatic hydroxyl groups excluding tert-OH is 1. The number of nitrogens with zero attached hydrogens (tertiary/aromatic N) is 3. The average molecular weight is 545 g/mol. The van der Waals surface area contributed by atoms with Crippen LogP contribution in [0.3, 0.4) is 0 Å². The first-order valence-corrected chi connectivity index (χ1v) is 13.1. The lowest BCUT2D eigenvalue weighted by Gasteiger charge is -2.47. The number of amides is 2. The molecule has 1 aliphatic carbocycles. The second-order valence-corrected chi connectivity index (χ2v) is 11.4. The van der Waals surface area contributed by atoms with Gasteiger partial charge in [-0.25, -0.2) is 18.6 Å². The van der Waals surface area contributed by atoms with Crippen molar-refractivity contribution in [1.82, 2.24) is 14.9 Å². The maximum absolute atomic E-state index is 14.2. The van der Waals surface area contributed by atoms with E-state index in [1.165, 1.54) is 22.5 Å². The highest BCUT2D eigenvalue weighted by Gasteiger charge is 2.44. The summed E-state index contributed by atoms with van der Waals surface area (Å²) >= 11 is 0.955. The molecule has 3 aromatic rings. The molecule has 0 spiro atoms. The van der Waals surface area contributed by atoms with Gasteiger partial charge in [-0.3, -0.25) is 14.7 Å². The first kappa shape index (κ1) is 27.6. The Bertz CT molecular complexity index is 1320. The maximum atomic E-state index is 14.2. The van der Waals surface area contributed by atoms with Gasteiger partial charge in [0.1, 0.15) is 22.3 Å². The molecule has 2 heterocycles. The zero-order chi connectivity index (χ0) is 27.8. The molecular formula is C27H30F2N4O4S. The summed E-state index contributed by atoms with van der Waals surface area (Å²) in [6, 6.07) is 4.64. The van der Waals surface area contributed by atoms with Crippen LogP contribution in [0.4, 0.5) is 19.3 Å². The average Bonchev–Trinajstić information content (AvgIpc) is 3.31. The molecule has 4 atom stereocenters. The van der Waals surface area contributed by atoms with E-state index < -0.39 is 41.3 Å². The van der Waals surface area contributed by atoms with Crippen molar-refractivity contribution in [2.45, 2.75) is 64.1 Å². The zero-order valence-electron chi connectivity index (χ0n) is 21.5. The Kier molecular flexibility index (Phi) is 7.80. The summed E-state index contributed by atoms with van der Waals surface area (Å²) in [6.07, 6.45) is 2.08. The van der Waals surface area contributed by atoms with E-state index in [9.17, 15) is 28.6 Å². The summed E-state index contributed by atoms with van der Waals surface area (Å²) < 4.78 is 28.4. The molecule has 4 rings (SSSR count). The standard InChI is InChI=1S/C27H30F2N4O4S/c1-14-10-15(11-21(23(14)34)33(26(36)37)27(2,3)4)16-8-9-30-12-19(16)31-24(35)20-13-38-25(32-20)22-17(28)6-5-7-18(22)29/h5-9,12-15,21,23,34H,10-11H2,1-4H3,(H,31,35)(H,36,37). The number of benzene rings is 1. The minimum atomic E-state index is -1.11. The first-order chi connectivity index (χ1) is 17.9. The van der Waals surface area contributed by atoms with Gasteiger partial charge in [-0.15, -0.1) is 11.3 Å². The smallest absolute Gasteiger partial charge is 0.408 e. The number of rotatable bonds is 5. The molecule has 1 saturated carbocycles. The number of thiazole rings is 1. The lowest BCUT2D eigenvalue weighted by molar-refractivity contribution is -0.0407. The Morgan fingerprint density at radius 3 is 2.47 bits per heavy atom. The van der Waals surface area contributed by atoms with Gasteiger partial charge in [-0.2, -0.15) is 0 Å². The number of hydrogen-bond donors (Lipinski definition) is 3. The summed E-state index contributed by atoms with van der Waals surface area (Å²) in [7, 11) is 0. The molecule has 0 saturated heterocycles. The van der Waals surface area contributed by atoms with E-state index >= 15 is 0 Å². The summed E-state index contributed by atoms with van der Waals surface area (Å²) in [5, 5.41) is 25.1. The summed E-state index contributed by atoms with van der Waals surface area (Å²) in [6.45, 7) is 7.24. The van der Waals surface area contributed by atoms with Crippen LogP contribution in [0.2, 0.25) is 0 Å². The van der Waals surface area contributed by atoms with Crippen molar-refractivity contribution in [3.05, 3.63) is 64.9 Å². The van der Waals surface area contributed by atoms with Crippen molar-refractivity contribution >= 4 is 29.0 Å². The van der Waals surface area contributed by atoms with Crippen LogP contribution in [-0.4, -0.2) is 54.8 Å². The van der Waals surface area contributed by atoms with Gasteiger partial charge < -0.3 is 15.5 Å². The third-order valence-corrected chi connectivity index (χ3v) is 7.74. The number of anilines is 1. The van der Waals surface area contributed by atoms with E-state index in [0.29, 0.717) is 18.5 Å². The lowest BCUT2D eigenvalue weighted by Crippen LogP contribution is -2.58. The van der Waals surface area contributed by atoms with Crippen LogP contribution in [-0.2, 0) is 0 Å². The van der Waals surface area contributed by atoms with Gasteiger partial charge in [-0.05, 0) is 69.2 Å². The highest BCUT2D eigenvalue weighted by Crippen LogP contribution is 2.42. The highest BCUT2D eigenvalue weighted by molar-refractivity contribution is 7.13. The molecule has 202 valence electrons. The molecule has 3 N–H and O–H groups in total. The van der Waals surface area contributed by atoms with Crippen molar-refractivity contribution in [2.75, 3.05) is 5.32 Å². The summed E-state index contributed by atoms with van der Waals surface area (Å²) in [5.74, 6) is -2.47. The fraction of sp³-hybridized carbons (Fsp3) is 0.407. The van der Waals surface area contributed by atoms with E-state index in [0.717, 1.165) is 29.0 Å². The van der Waals surface area contributed by atoms with Gasteiger partial charge in [0.25, 0.3) is 5.91 Å². The Balaban J connectivity index is 1.60. The molecule has 2 aromatic heterocycles. The van der Waals surface area contributed by atoms with Crippen molar-refractivity contribution < 1.29 is 28.6 Å². The van der Waals surface area contributed by atoms with E-state index in [1.54, 1.807) is 33.0 Å². The van der Waals surface area contributed by atoms with E-state index in [1.807, 2.05) is 6.92 Å². The fourth-order valence-corrected chi connectivity index (χ4v) is 6.03.